The minimum Gasteiger partial charge on any atom is -0.489 e. The minimum atomic E-state index is -0.259. The van der Waals surface area contributed by atoms with Crippen molar-refractivity contribution in [3.63, 3.8) is 0 Å². The van der Waals surface area contributed by atoms with Gasteiger partial charge in [-0.05, 0) is 31.6 Å². The Morgan fingerprint density at radius 3 is 2.63 bits per heavy atom. The standard InChI is InChI=1S/C15H25FN2O/c1-4-18(5-2)11-9-17-10-12-19-14-8-6-7-13(3)15(14)16/h6-8,17H,4-5,9-12H2,1-3H3. The largest absolute Gasteiger partial charge is 0.489 e. The number of hydrogen-bond acceptors (Lipinski definition) is 3. The zero-order valence-electron chi connectivity index (χ0n) is 12.2. The summed E-state index contributed by atoms with van der Waals surface area (Å²) in [7, 11) is 0. The highest BCUT2D eigenvalue weighted by molar-refractivity contribution is 5.29. The van der Waals surface area contributed by atoms with Crippen LogP contribution in [0.15, 0.2) is 18.2 Å². The second-order valence-electron chi connectivity index (χ2n) is 4.51. The van der Waals surface area contributed by atoms with Crippen molar-refractivity contribution in [3.8, 4) is 5.75 Å². The third-order valence-corrected chi connectivity index (χ3v) is 3.19. The molecule has 0 aliphatic carbocycles. The van der Waals surface area contributed by atoms with Gasteiger partial charge in [0.2, 0.25) is 0 Å². The number of hydrogen-bond donors (Lipinski definition) is 1. The molecule has 0 unspecified atom stereocenters. The van der Waals surface area contributed by atoms with Gasteiger partial charge in [0.05, 0.1) is 0 Å². The van der Waals surface area contributed by atoms with E-state index < -0.39 is 0 Å². The van der Waals surface area contributed by atoms with Crippen molar-refractivity contribution in [3.05, 3.63) is 29.6 Å². The monoisotopic (exact) mass is 268 g/mol. The van der Waals surface area contributed by atoms with Crippen molar-refractivity contribution in [1.29, 1.82) is 0 Å². The highest BCUT2D eigenvalue weighted by Gasteiger charge is 2.05. The fourth-order valence-corrected chi connectivity index (χ4v) is 1.87. The van der Waals surface area contributed by atoms with Crippen LogP contribution in [0.1, 0.15) is 19.4 Å². The van der Waals surface area contributed by atoms with Crippen LogP contribution in [0.2, 0.25) is 0 Å². The molecule has 0 fully saturated rings. The van der Waals surface area contributed by atoms with E-state index in [-0.39, 0.29) is 5.82 Å². The molecular weight excluding hydrogens is 243 g/mol. The fraction of sp³-hybridized carbons (Fsp3) is 0.600. The average molecular weight is 268 g/mol. The van der Waals surface area contributed by atoms with Gasteiger partial charge in [-0.2, -0.15) is 0 Å². The van der Waals surface area contributed by atoms with Crippen LogP contribution in [0, 0.1) is 12.7 Å². The lowest BCUT2D eigenvalue weighted by Gasteiger charge is -2.18. The molecule has 0 radical (unpaired) electrons. The molecule has 0 atom stereocenters. The number of benzene rings is 1. The molecule has 4 heteroatoms. The summed E-state index contributed by atoms with van der Waals surface area (Å²) in [6, 6.07) is 5.21. The highest BCUT2D eigenvalue weighted by Crippen LogP contribution is 2.19. The topological polar surface area (TPSA) is 24.5 Å². The number of aryl methyl sites for hydroxylation is 1. The molecule has 1 aromatic rings. The van der Waals surface area contributed by atoms with Crippen LogP contribution in [-0.2, 0) is 0 Å². The molecule has 0 aliphatic heterocycles. The molecule has 0 amide bonds. The Morgan fingerprint density at radius 1 is 1.21 bits per heavy atom. The second-order valence-corrected chi connectivity index (χ2v) is 4.51. The number of ether oxygens (including phenoxy) is 1. The molecule has 0 saturated heterocycles. The van der Waals surface area contributed by atoms with Gasteiger partial charge < -0.3 is 15.0 Å². The van der Waals surface area contributed by atoms with E-state index in [9.17, 15) is 4.39 Å². The quantitative estimate of drug-likeness (QED) is 0.696. The van der Waals surface area contributed by atoms with Crippen molar-refractivity contribution in [2.75, 3.05) is 39.3 Å². The predicted octanol–water partition coefficient (Wildman–Crippen LogP) is 2.44. The number of rotatable bonds is 9. The van der Waals surface area contributed by atoms with E-state index in [1.54, 1.807) is 19.1 Å². The Labute approximate surface area is 115 Å². The third-order valence-electron chi connectivity index (χ3n) is 3.19. The van der Waals surface area contributed by atoms with Gasteiger partial charge in [-0.1, -0.05) is 26.0 Å². The van der Waals surface area contributed by atoms with Gasteiger partial charge in [-0.25, -0.2) is 4.39 Å². The zero-order chi connectivity index (χ0) is 14.1. The first-order valence-corrected chi connectivity index (χ1v) is 7.00. The van der Waals surface area contributed by atoms with Crippen molar-refractivity contribution < 1.29 is 9.13 Å². The molecule has 1 aromatic carbocycles. The van der Waals surface area contributed by atoms with Gasteiger partial charge in [0.15, 0.2) is 11.6 Å². The maximum Gasteiger partial charge on any atom is 0.167 e. The van der Waals surface area contributed by atoms with Gasteiger partial charge in [0, 0.05) is 19.6 Å². The Morgan fingerprint density at radius 2 is 1.95 bits per heavy atom. The van der Waals surface area contributed by atoms with Gasteiger partial charge in [0.25, 0.3) is 0 Å². The van der Waals surface area contributed by atoms with E-state index in [1.165, 1.54) is 0 Å². The summed E-state index contributed by atoms with van der Waals surface area (Å²) in [5.74, 6) is 0.0798. The number of nitrogens with one attached hydrogen (secondary N) is 1. The first kappa shape index (κ1) is 15.9. The molecule has 108 valence electrons. The number of halogens is 1. The summed E-state index contributed by atoms with van der Waals surface area (Å²) in [5, 5.41) is 3.30. The number of nitrogens with zero attached hydrogens (tertiary/aromatic N) is 1. The van der Waals surface area contributed by atoms with Crippen molar-refractivity contribution in [1.82, 2.24) is 10.2 Å². The molecule has 0 saturated carbocycles. The third kappa shape index (κ3) is 5.57. The minimum absolute atomic E-state index is 0.259. The average Bonchev–Trinajstić information content (AvgIpc) is 2.42. The molecular formula is C15H25FN2O. The van der Waals surface area contributed by atoms with Gasteiger partial charge in [-0.3, -0.25) is 0 Å². The van der Waals surface area contributed by atoms with Gasteiger partial charge >= 0.3 is 0 Å². The van der Waals surface area contributed by atoms with Gasteiger partial charge in [-0.15, -0.1) is 0 Å². The molecule has 0 bridgehead atoms. The summed E-state index contributed by atoms with van der Waals surface area (Å²) in [6.07, 6.45) is 0. The molecule has 3 nitrogen and oxygen atoms in total. The Balaban J connectivity index is 2.16. The lowest BCUT2D eigenvalue weighted by Crippen LogP contribution is -2.33. The summed E-state index contributed by atoms with van der Waals surface area (Å²) >= 11 is 0. The van der Waals surface area contributed by atoms with E-state index in [0.717, 1.165) is 32.7 Å². The summed E-state index contributed by atoms with van der Waals surface area (Å²) in [4.78, 5) is 2.36. The van der Waals surface area contributed by atoms with Crippen LogP contribution in [0.4, 0.5) is 4.39 Å². The summed E-state index contributed by atoms with van der Waals surface area (Å²) in [6.45, 7) is 11.4. The predicted molar refractivity (Wildman–Crippen MR) is 77.3 cm³/mol. The van der Waals surface area contributed by atoms with Gasteiger partial charge in [0.1, 0.15) is 6.61 Å². The lowest BCUT2D eigenvalue weighted by molar-refractivity contribution is 0.279. The molecule has 0 heterocycles. The van der Waals surface area contributed by atoms with Crippen LogP contribution < -0.4 is 10.1 Å². The van der Waals surface area contributed by atoms with Crippen LogP contribution >= 0.6 is 0 Å². The van der Waals surface area contributed by atoms with E-state index in [1.807, 2.05) is 6.07 Å². The molecule has 0 aliphatic rings. The van der Waals surface area contributed by atoms with Crippen LogP contribution in [0.5, 0.6) is 5.75 Å². The summed E-state index contributed by atoms with van der Waals surface area (Å²) < 4.78 is 19.0. The Hall–Kier alpha value is -1.13. The second kappa shape index (κ2) is 8.88. The SMILES string of the molecule is CCN(CC)CCNCCOc1cccc(C)c1F. The lowest BCUT2D eigenvalue weighted by atomic mass is 10.2. The maximum atomic E-state index is 13.6. The summed E-state index contributed by atoms with van der Waals surface area (Å²) in [5.41, 5.74) is 0.618. The normalized spacial score (nSPS) is 11.0. The number of likely N-dealkylation sites (N-methyl/N-ethyl adjacent to an activating group) is 1. The molecule has 1 rings (SSSR count). The van der Waals surface area contributed by atoms with Crippen LogP contribution in [0.3, 0.4) is 0 Å². The maximum absolute atomic E-state index is 13.6. The molecule has 19 heavy (non-hydrogen) atoms. The molecule has 0 spiro atoms. The van der Waals surface area contributed by atoms with Crippen molar-refractivity contribution in [2.45, 2.75) is 20.8 Å². The van der Waals surface area contributed by atoms with Crippen molar-refractivity contribution >= 4 is 0 Å². The molecule has 1 N–H and O–H groups in total. The smallest absolute Gasteiger partial charge is 0.167 e. The van der Waals surface area contributed by atoms with E-state index in [0.29, 0.717) is 17.9 Å². The Bertz CT molecular complexity index is 367. The first-order chi connectivity index (χ1) is 9.19. The van der Waals surface area contributed by atoms with Crippen molar-refractivity contribution in [2.24, 2.45) is 0 Å². The zero-order valence-corrected chi connectivity index (χ0v) is 12.2. The van der Waals surface area contributed by atoms with Crippen LogP contribution in [0.25, 0.3) is 0 Å². The van der Waals surface area contributed by atoms with Crippen LogP contribution in [-0.4, -0.2) is 44.2 Å². The molecule has 0 aromatic heterocycles. The fourth-order valence-electron chi connectivity index (χ4n) is 1.87. The van der Waals surface area contributed by atoms with E-state index in [2.05, 4.69) is 24.1 Å². The Kier molecular flexibility index (Phi) is 7.45. The van der Waals surface area contributed by atoms with E-state index >= 15 is 0 Å². The highest BCUT2D eigenvalue weighted by atomic mass is 19.1. The first-order valence-electron chi connectivity index (χ1n) is 7.00. The van der Waals surface area contributed by atoms with E-state index in [4.69, 9.17) is 4.74 Å².